The smallest absolute Gasteiger partial charge is 0.150 e. The van der Waals surface area contributed by atoms with Gasteiger partial charge in [0.15, 0.2) is 0 Å². The molecule has 0 aromatic carbocycles. The lowest BCUT2D eigenvalue weighted by Crippen LogP contribution is -2.32. The monoisotopic (exact) mass is 312 g/mol. The van der Waals surface area contributed by atoms with Crippen molar-refractivity contribution in [3.8, 4) is 0 Å². The SMILES string of the molecule is CCCNc1ncnc(NC2CCS(=O)(=O)CC2)c1CC. The Morgan fingerprint density at radius 1 is 1.19 bits per heavy atom. The zero-order chi connectivity index (χ0) is 15.3. The first-order chi connectivity index (χ1) is 10.1. The molecule has 0 spiro atoms. The molecular formula is C14H24N4O2S. The topological polar surface area (TPSA) is 84.0 Å². The minimum absolute atomic E-state index is 0.174. The third-order valence-electron chi connectivity index (χ3n) is 3.74. The third kappa shape index (κ3) is 4.30. The molecule has 7 heteroatoms. The summed E-state index contributed by atoms with van der Waals surface area (Å²) in [7, 11) is -2.83. The number of sulfone groups is 1. The highest BCUT2D eigenvalue weighted by molar-refractivity contribution is 7.91. The van der Waals surface area contributed by atoms with Crippen LogP contribution in [0, 0.1) is 0 Å². The molecule has 1 aromatic rings. The largest absolute Gasteiger partial charge is 0.370 e. The molecule has 2 rings (SSSR count). The predicted octanol–water partition coefficient (Wildman–Crippen LogP) is 1.85. The zero-order valence-corrected chi connectivity index (χ0v) is 13.5. The molecule has 1 aromatic heterocycles. The van der Waals surface area contributed by atoms with Crippen molar-refractivity contribution >= 4 is 21.5 Å². The Hall–Kier alpha value is -1.37. The number of hydrogen-bond donors (Lipinski definition) is 2. The van der Waals surface area contributed by atoms with Crippen molar-refractivity contribution in [3.63, 3.8) is 0 Å². The van der Waals surface area contributed by atoms with Gasteiger partial charge in [0.25, 0.3) is 0 Å². The number of rotatable bonds is 6. The van der Waals surface area contributed by atoms with E-state index in [-0.39, 0.29) is 17.5 Å². The molecule has 21 heavy (non-hydrogen) atoms. The summed E-state index contributed by atoms with van der Waals surface area (Å²) in [6, 6.07) is 0.174. The van der Waals surface area contributed by atoms with E-state index in [0.29, 0.717) is 12.8 Å². The third-order valence-corrected chi connectivity index (χ3v) is 5.45. The van der Waals surface area contributed by atoms with Gasteiger partial charge in [0.05, 0.1) is 11.5 Å². The fourth-order valence-electron chi connectivity index (χ4n) is 2.50. The molecule has 1 aliphatic rings. The van der Waals surface area contributed by atoms with Crippen LogP contribution in [-0.2, 0) is 16.3 Å². The van der Waals surface area contributed by atoms with Crippen molar-refractivity contribution in [2.75, 3.05) is 28.7 Å². The number of anilines is 2. The highest BCUT2D eigenvalue weighted by atomic mass is 32.2. The van der Waals surface area contributed by atoms with Crippen LogP contribution in [0.4, 0.5) is 11.6 Å². The average molecular weight is 312 g/mol. The van der Waals surface area contributed by atoms with Crippen molar-refractivity contribution in [3.05, 3.63) is 11.9 Å². The van der Waals surface area contributed by atoms with Gasteiger partial charge in [-0.15, -0.1) is 0 Å². The maximum Gasteiger partial charge on any atom is 0.150 e. The van der Waals surface area contributed by atoms with Gasteiger partial charge in [0.2, 0.25) is 0 Å². The molecule has 1 aliphatic heterocycles. The van der Waals surface area contributed by atoms with E-state index in [0.717, 1.165) is 36.6 Å². The molecular weight excluding hydrogens is 288 g/mol. The first kappa shape index (κ1) is 16.0. The van der Waals surface area contributed by atoms with Crippen molar-refractivity contribution in [2.45, 2.75) is 45.6 Å². The molecule has 1 fully saturated rings. The first-order valence-corrected chi connectivity index (χ1v) is 9.42. The van der Waals surface area contributed by atoms with Gasteiger partial charge in [-0.1, -0.05) is 13.8 Å². The lowest BCUT2D eigenvalue weighted by molar-refractivity contribution is 0.558. The zero-order valence-electron chi connectivity index (χ0n) is 12.7. The Bertz CT molecular complexity index is 560. The minimum atomic E-state index is -2.83. The van der Waals surface area contributed by atoms with Gasteiger partial charge in [-0.3, -0.25) is 0 Å². The molecule has 118 valence electrons. The molecule has 0 amide bonds. The van der Waals surface area contributed by atoms with Crippen LogP contribution in [-0.4, -0.2) is 42.5 Å². The summed E-state index contributed by atoms with van der Waals surface area (Å²) in [4.78, 5) is 8.64. The summed E-state index contributed by atoms with van der Waals surface area (Å²) in [6.07, 6.45) is 4.72. The highest BCUT2D eigenvalue weighted by Crippen LogP contribution is 2.23. The number of nitrogens with one attached hydrogen (secondary N) is 2. The molecule has 0 unspecified atom stereocenters. The van der Waals surface area contributed by atoms with Gasteiger partial charge in [0, 0.05) is 18.2 Å². The Labute approximate surface area is 126 Å². The van der Waals surface area contributed by atoms with Crippen LogP contribution < -0.4 is 10.6 Å². The van der Waals surface area contributed by atoms with Crippen LogP contribution >= 0.6 is 0 Å². The van der Waals surface area contributed by atoms with Gasteiger partial charge < -0.3 is 10.6 Å². The normalized spacial score (nSPS) is 18.4. The van der Waals surface area contributed by atoms with Crippen molar-refractivity contribution in [1.82, 2.24) is 9.97 Å². The molecule has 2 heterocycles. The lowest BCUT2D eigenvalue weighted by atomic mass is 10.1. The highest BCUT2D eigenvalue weighted by Gasteiger charge is 2.24. The quantitative estimate of drug-likeness (QED) is 0.834. The van der Waals surface area contributed by atoms with Crippen molar-refractivity contribution in [2.24, 2.45) is 0 Å². The van der Waals surface area contributed by atoms with Crippen LogP contribution in [0.15, 0.2) is 6.33 Å². The van der Waals surface area contributed by atoms with E-state index in [9.17, 15) is 8.42 Å². The fourth-order valence-corrected chi connectivity index (χ4v) is 3.99. The molecule has 0 atom stereocenters. The first-order valence-electron chi connectivity index (χ1n) is 7.60. The van der Waals surface area contributed by atoms with Gasteiger partial charge in [0.1, 0.15) is 27.8 Å². The second kappa shape index (κ2) is 7.06. The van der Waals surface area contributed by atoms with Crippen molar-refractivity contribution < 1.29 is 8.42 Å². The maximum atomic E-state index is 11.5. The van der Waals surface area contributed by atoms with Crippen molar-refractivity contribution in [1.29, 1.82) is 0 Å². The standard InChI is InChI=1S/C14H24N4O2S/c1-3-7-15-13-12(4-2)14(17-10-16-13)18-11-5-8-21(19,20)9-6-11/h10-11H,3-9H2,1-2H3,(H2,15,16,17,18). The second-order valence-corrected chi connectivity index (χ2v) is 7.70. The summed E-state index contributed by atoms with van der Waals surface area (Å²) in [5.74, 6) is 2.23. The van der Waals surface area contributed by atoms with Crippen LogP contribution in [0.3, 0.4) is 0 Å². The average Bonchev–Trinajstić information content (AvgIpc) is 2.47. The Morgan fingerprint density at radius 2 is 1.86 bits per heavy atom. The lowest BCUT2D eigenvalue weighted by Gasteiger charge is -2.25. The summed E-state index contributed by atoms with van der Waals surface area (Å²) in [5.41, 5.74) is 1.07. The predicted molar refractivity (Wildman–Crippen MR) is 85.5 cm³/mol. The molecule has 1 saturated heterocycles. The van der Waals surface area contributed by atoms with Crippen LogP contribution in [0.25, 0.3) is 0 Å². The second-order valence-electron chi connectivity index (χ2n) is 5.40. The van der Waals surface area contributed by atoms with Gasteiger partial charge in [-0.25, -0.2) is 18.4 Å². The molecule has 6 nitrogen and oxygen atoms in total. The van der Waals surface area contributed by atoms with E-state index in [1.165, 1.54) is 0 Å². The number of nitrogens with zero attached hydrogens (tertiary/aromatic N) is 2. The number of hydrogen-bond acceptors (Lipinski definition) is 6. The summed E-state index contributed by atoms with van der Waals surface area (Å²) in [5, 5.41) is 6.72. The fraction of sp³-hybridized carbons (Fsp3) is 0.714. The van der Waals surface area contributed by atoms with E-state index in [2.05, 4.69) is 34.4 Å². The summed E-state index contributed by atoms with van der Waals surface area (Å²) in [6.45, 7) is 5.07. The molecule has 0 bridgehead atoms. The van der Waals surface area contributed by atoms with Crippen LogP contribution in [0.2, 0.25) is 0 Å². The maximum absolute atomic E-state index is 11.5. The van der Waals surface area contributed by atoms with Gasteiger partial charge in [-0.05, 0) is 25.7 Å². The minimum Gasteiger partial charge on any atom is -0.370 e. The molecule has 0 radical (unpaired) electrons. The van der Waals surface area contributed by atoms with Gasteiger partial charge in [-0.2, -0.15) is 0 Å². The van der Waals surface area contributed by atoms with E-state index in [4.69, 9.17) is 0 Å². The summed E-state index contributed by atoms with van der Waals surface area (Å²) < 4.78 is 23.0. The van der Waals surface area contributed by atoms with Crippen LogP contribution in [0.5, 0.6) is 0 Å². The van der Waals surface area contributed by atoms with E-state index in [1.807, 2.05) is 0 Å². The van der Waals surface area contributed by atoms with Gasteiger partial charge >= 0.3 is 0 Å². The Balaban J connectivity index is 2.09. The Morgan fingerprint density at radius 3 is 2.48 bits per heavy atom. The van der Waals surface area contributed by atoms with E-state index < -0.39 is 9.84 Å². The van der Waals surface area contributed by atoms with E-state index in [1.54, 1.807) is 6.33 Å². The Kier molecular flexibility index (Phi) is 5.39. The molecule has 0 saturated carbocycles. The molecule has 2 N–H and O–H groups in total. The molecule has 0 aliphatic carbocycles. The number of aromatic nitrogens is 2. The van der Waals surface area contributed by atoms with Crippen LogP contribution in [0.1, 0.15) is 38.7 Å². The summed E-state index contributed by atoms with van der Waals surface area (Å²) >= 11 is 0. The van der Waals surface area contributed by atoms with E-state index >= 15 is 0 Å².